The lowest BCUT2D eigenvalue weighted by Gasteiger charge is -2.06. The molecule has 0 saturated carbocycles. The molecule has 0 unspecified atom stereocenters. The van der Waals surface area contributed by atoms with Crippen molar-refractivity contribution in [2.75, 3.05) is 7.05 Å². The lowest BCUT2D eigenvalue weighted by atomic mass is 9.99. The van der Waals surface area contributed by atoms with Gasteiger partial charge in [-0.2, -0.15) is 0 Å². The van der Waals surface area contributed by atoms with Crippen LogP contribution in [-0.4, -0.2) is 7.05 Å². The van der Waals surface area contributed by atoms with Gasteiger partial charge in [0.25, 0.3) is 0 Å². The van der Waals surface area contributed by atoms with Gasteiger partial charge in [-0.25, -0.2) is 0 Å². The van der Waals surface area contributed by atoms with E-state index in [9.17, 15) is 0 Å². The van der Waals surface area contributed by atoms with E-state index in [1.165, 1.54) is 16.5 Å². The highest BCUT2D eigenvalue weighted by Gasteiger charge is 2.17. The summed E-state index contributed by atoms with van der Waals surface area (Å²) in [6, 6.07) is 4.12. The Labute approximate surface area is 113 Å². The maximum Gasteiger partial charge on any atom is 0.153 e. The lowest BCUT2D eigenvalue weighted by molar-refractivity contribution is 0.516. The summed E-state index contributed by atoms with van der Waals surface area (Å²) in [4.78, 5) is 0. The standard InChI is InChI=1S/C15H20ClNO/c1-9(2)5-11-12-6-10(3)7-13(16)15(12)18-14(11)8-17-4/h6-7,9,17H,5,8H2,1-4H3. The fourth-order valence-corrected chi connectivity index (χ4v) is 2.64. The molecule has 0 aliphatic rings. The van der Waals surface area contributed by atoms with Crippen LogP contribution in [0.1, 0.15) is 30.7 Å². The Morgan fingerprint density at radius 2 is 2.06 bits per heavy atom. The highest BCUT2D eigenvalue weighted by Crippen LogP contribution is 2.33. The molecular weight excluding hydrogens is 246 g/mol. The number of furan rings is 1. The number of hydrogen-bond donors (Lipinski definition) is 1. The summed E-state index contributed by atoms with van der Waals surface area (Å²) in [5.74, 6) is 1.61. The van der Waals surface area contributed by atoms with Gasteiger partial charge in [0, 0.05) is 10.9 Å². The van der Waals surface area contributed by atoms with Gasteiger partial charge in [0.1, 0.15) is 5.76 Å². The van der Waals surface area contributed by atoms with Crippen molar-refractivity contribution in [3.63, 3.8) is 0 Å². The molecule has 1 N–H and O–H groups in total. The summed E-state index contributed by atoms with van der Waals surface area (Å²) in [6.45, 7) is 7.25. The number of fused-ring (bicyclic) bond motifs is 1. The van der Waals surface area contributed by atoms with Crippen molar-refractivity contribution in [3.8, 4) is 0 Å². The fourth-order valence-electron chi connectivity index (χ4n) is 2.33. The number of aryl methyl sites for hydroxylation is 1. The van der Waals surface area contributed by atoms with Crippen LogP contribution in [0.4, 0.5) is 0 Å². The average Bonchev–Trinajstić information content (AvgIpc) is 2.58. The molecule has 1 aromatic carbocycles. The second-order valence-corrected chi connectivity index (χ2v) is 5.66. The summed E-state index contributed by atoms with van der Waals surface area (Å²) in [6.07, 6.45) is 1.02. The van der Waals surface area contributed by atoms with Gasteiger partial charge in [-0.05, 0) is 44.0 Å². The van der Waals surface area contributed by atoms with E-state index < -0.39 is 0 Å². The molecule has 0 fully saturated rings. The normalized spacial score (nSPS) is 11.7. The minimum absolute atomic E-state index is 0.598. The van der Waals surface area contributed by atoms with E-state index in [2.05, 4.69) is 32.2 Å². The predicted molar refractivity (Wildman–Crippen MR) is 77.3 cm³/mol. The zero-order chi connectivity index (χ0) is 13.3. The first-order valence-electron chi connectivity index (χ1n) is 6.38. The molecule has 1 heterocycles. The molecule has 0 aliphatic carbocycles. The summed E-state index contributed by atoms with van der Waals surface area (Å²) < 4.78 is 5.93. The number of hydrogen-bond acceptors (Lipinski definition) is 2. The summed E-state index contributed by atoms with van der Waals surface area (Å²) in [5.41, 5.74) is 3.29. The average molecular weight is 266 g/mol. The Morgan fingerprint density at radius 1 is 1.33 bits per heavy atom. The molecule has 0 amide bonds. The molecule has 2 nitrogen and oxygen atoms in total. The largest absolute Gasteiger partial charge is 0.458 e. The van der Waals surface area contributed by atoms with E-state index >= 15 is 0 Å². The topological polar surface area (TPSA) is 25.2 Å². The third-order valence-corrected chi connectivity index (χ3v) is 3.31. The maximum atomic E-state index is 6.27. The molecule has 98 valence electrons. The maximum absolute atomic E-state index is 6.27. The highest BCUT2D eigenvalue weighted by molar-refractivity contribution is 6.35. The van der Waals surface area contributed by atoms with Crippen molar-refractivity contribution in [3.05, 3.63) is 34.0 Å². The number of rotatable bonds is 4. The van der Waals surface area contributed by atoms with Gasteiger partial charge in [0.05, 0.1) is 11.6 Å². The van der Waals surface area contributed by atoms with E-state index in [1.807, 2.05) is 13.1 Å². The minimum Gasteiger partial charge on any atom is -0.458 e. The van der Waals surface area contributed by atoms with Crippen molar-refractivity contribution in [2.24, 2.45) is 5.92 Å². The van der Waals surface area contributed by atoms with Gasteiger partial charge >= 0.3 is 0 Å². The molecule has 0 radical (unpaired) electrons. The molecule has 2 aromatic rings. The second kappa shape index (κ2) is 5.33. The fraction of sp³-hybridized carbons (Fsp3) is 0.467. The third kappa shape index (κ3) is 2.55. The van der Waals surface area contributed by atoms with Gasteiger partial charge in [-0.3, -0.25) is 0 Å². The molecule has 0 aliphatic heterocycles. The van der Waals surface area contributed by atoms with Crippen molar-refractivity contribution in [1.29, 1.82) is 0 Å². The van der Waals surface area contributed by atoms with Crippen molar-refractivity contribution in [1.82, 2.24) is 5.32 Å². The SMILES string of the molecule is CNCc1oc2c(Cl)cc(C)cc2c1CC(C)C. The van der Waals surface area contributed by atoms with E-state index in [-0.39, 0.29) is 0 Å². The van der Waals surface area contributed by atoms with Gasteiger partial charge < -0.3 is 9.73 Å². The quantitative estimate of drug-likeness (QED) is 0.891. The van der Waals surface area contributed by atoms with E-state index in [0.717, 1.165) is 24.3 Å². The molecule has 18 heavy (non-hydrogen) atoms. The van der Waals surface area contributed by atoms with Crippen molar-refractivity contribution >= 4 is 22.6 Å². The van der Waals surface area contributed by atoms with Crippen LogP contribution in [0, 0.1) is 12.8 Å². The van der Waals surface area contributed by atoms with Gasteiger partial charge in [-0.1, -0.05) is 25.4 Å². The molecule has 0 atom stereocenters. The van der Waals surface area contributed by atoms with Gasteiger partial charge in [-0.15, -0.1) is 0 Å². The monoisotopic (exact) mass is 265 g/mol. The zero-order valence-corrected chi connectivity index (χ0v) is 12.2. The Hall–Kier alpha value is -0.990. The number of benzene rings is 1. The minimum atomic E-state index is 0.598. The summed E-state index contributed by atoms with van der Waals surface area (Å²) >= 11 is 6.27. The van der Waals surface area contributed by atoms with Crippen LogP contribution in [0.5, 0.6) is 0 Å². The molecule has 0 bridgehead atoms. The predicted octanol–water partition coefficient (Wildman–Crippen LogP) is 4.31. The van der Waals surface area contributed by atoms with E-state index in [4.69, 9.17) is 16.0 Å². The zero-order valence-electron chi connectivity index (χ0n) is 11.4. The summed E-state index contributed by atoms with van der Waals surface area (Å²) in [7, 11) is 1.93. The molecule has 0 spiro atoms. The Kier molecular flexibility index (Phi) is 3.98. The molecular formula is C15H20ClNO. The molecule has 0 saturated heterocycles. The van der Waals surface area contributed by atoms with E-state index in [0.29, 0.717) is 10.9 Å². The molecule has 2 rings (SSSR count). The molecule has 3 heteroatoms. The second-order valence-electron chi connectivity index (χ2n) is 5.26. The van der Waals surface area contributed by atoms with Crippen LogP contribution in [0.3, 0.4) is 0 Å². The van der Waals surface area contributed by atoms with Crippen LogP contribution < -0.4 is 5.32 Å². The van der Waals surface area contributed by atoms with Crippen molar-refractivity contribution < 1.29 is 4.42 Å². The van der Waals surface area contributed by atoms with Crippen molar-refractivity contribution in [2.45, 2.75) is 33.7 Å². The number of nitrogens with one attached hydrogen (secondary N) is 1. The van der Waals surface area contributed by atoms with Crippen LogP contribution in [0.25, 0.3) is 11.0 Å². The highest BCUT2D eigenvalue weighted by atomic mass is 35.5. The van der Waals surface area contributed by atoms with Gasteiger partial charge in [0.2, 0.25) is 0 Å². The first-order valence-corrected chi connectivity index (χ1v) is 6.75. The van der Waals surface area contributed by atoms with Gasteiger partial charge in [0.15, 0.2) is 5.58 Å². The van der Waals surface area contributed by atoms with Crippen LogP contribution in [0.15, 0.2) is 16.5 Å². The van der Waals surface area contributed by atoms with Crippen LogP contribution in [-0.2, 0) is 13.0 Å². The third-order valence-electron chi connectivity index (χ3n) is 3.02. The first kappa shape index (κ1) is 13.4. The Bertz CT molecular complexity index is 557. The Morgan fingerprint density at radius 3 is 2.67 bits per heavy atom. The van der Waals surface area contributed by atoms with E-state index in [1.54, 1.807) is 0 Å². The number of halogens is 1. The Balaban J connectivity index is 2.64. The summed E-state index contributed by atoms with van der Waals surface area (Å²) in [5, 5.41) is 5.03. The van der Waals surface area contributed by atoms with Crippen LogP contribution >= 0.6 is 11.6 Å². The first-order chi connectivity index (χ1) is 8.52. The smallest absolute Gasteiger partial charge is 0.153 e. The van der Waals surface area contributed by atoms with Crippen LogP contribution in [0.2, 0.25) is 5.02 Å². The lowest BCUT2D eigenvalue weighted by Crippen LogP contribution is -2.07. The molecule has 1 aromatic heterocycles.